The van der Waals surface area contributed by atoms with E-state index in [-0.39, 0.29) is 12.0 Å². The Morgan fingerprint density at radius 3 is 2.24 bits per heavy atom. The van der Waals surface area contributed by atoms with Crippen LogP contribution < -0.4 is 10.6 Å². The maximum Gasteiger partial charge on any atom is 0.341 e. The summed E-state index contributed by atoms with van der Waals surface area (Å²) in [5.41, 5.74) is 4.08. The highest BCUT2D eigenvalue weighted by atomic mass is 32.1. The normalized spacial score (nSPS) is 15.8. The van der Waals surface area contributed by atoms with Gasteiger partial charge in [0, 0.05) is 60.4 Å². The molecular weight excluding hydrogens is 506 g/mol. The largest absolute Gasteiger partial charge is 0.462 e. The van der Waals surface area contributed by atoms with Gasteiger partial charge in [-0.25, -0.2) is 9.59 Å². The van der Waals surface area contributed by atoms with Crippen LogP contribution in [0.3, 0.4) is 0 Å². The summed E-state index contributed by atoms with van der Waals surface area (Å²) in [4.78, 5) is 33.3. The molecule has 0 saturated heterocycles. The van der Waals surface area contributed by atoms with Gasteiger partial charge in [-0.1, -0.05) is 13.8 Å². The fraction of sp³-hybridized carbons (Fsp3) is 0.481. The number of aromatic nitrogens is 1. The van der Waals surface area contributed by atoms with Gasteiger partial charge >= 0.3 is 12.0 Å². The Morgan fingerprint density at radius 2 is 1.59 bits per heavy atom. The molecule has 0 aromatic carbocycles. The number of nitrogens with zero attached hydrogens (tertiary/aromatic N) is 3. The molecule has 5 rings (SSSR count). The second-order valence-electron chi connectivity index (χ2n) is 9.35. The Hall–Kier alpha value is -2.66. The number of anilines is 1. The highest BCUT2D eigenvalue weighted by molar-refractivity contribution is 7.17. The monoisotopic (exact) mass is 541 g/mol. The lowest BCUT2D eigenvalue weighted by Gasteiger charge is -2.25. The number of ether oxygens (including phenoxy) is 1. The average Bonchev–Trinajstić information content (AvgIpc) is 3.63. The molecule has 10 heteroatoms. The van der Waals surface area contributed by atoms with E-state index in [1.807, 2.05) is 23.5 Å². The Labute approximate surface area is 226 Å². The van der Waals surface area contributed by atoms with Gasteiger partial charge in [0.1, 0.15) is 10.0 Å². The van der Waals surface area contributed by atoms with Gasteiger partial charge in [-0.2, -0.15) is 0 Å². The molecule has 0 unspecified atom stereocenters. The van der Waals surface area contributed by atoms with Gasteiger partial charge in [-0.3, -0.25) is 15.1 Å². The molecular formula is C27H35N5O3S2. The molecule has 2 amide bonds. The van der Waals surface area contributed by atoms with E-state index in [1.165, 1.54) is 27.3 Å². The lowest BCUT2D eigenvalue weighted by atomic mass is 10.0. The molecule has 3 aromatic rings. The summed E-state index contributed by atoms with van der Waals surface area (Å²) in [6, 6.07) is 3.74. The van der Waals surface area contributed by atoms with Crippen LogP contribution in [0.1, 0.15) is 57.6 Å². The van der Waals surface area contributed by atoms with Crippen LogP contribution in [0.2, 0.25) is 0 Å². The standard InChI is InChI=1S/C27H35N5O3S2/c1-4-30-13-9-18-20(25(37-21(18)16-30)32-11-7-8-12-32)15-28-27(34)29-24-23(26(33)35-6-3)19-10-14-31(5-2)17-22(19)36-24/h7-8,11-12H,4-6,9-10,13-17H2,1-3H3,(H2,28,29,34). The smallest absolute Gasteiger partial charge is 0.341 e. The first-order valence-electron chi connectivity index (χ1n) is 13.1. The molecule has 0 bridgehead atoms. The summed E-state index contributed by atoms with van der Waals surface area (Å²) < 4.78 is 7.50. The number of fused-ring (bicyclic) bond motifs is 2. The number of likely N-dealkylation sites (N-methyl/N-ethyl adjacent to an activating group) is 2. The second-order valence-corrected chi connectivity index (χ2v) is 11.5. The predicted octanol–water partition coefficient (Wildman–Crippen LogP) is 4.85. The topological polar surface area (TPSA) is 78.8 Å². The van der Waals surface area contributed by atoms with Crippen molar-refractivity contribution in [1.82, 2.24) is 19.7 Å². The first kappa shape index (κ1) is 26.0. The first-order chi connectivity index (χ1) is 18.0. The van der Waals surface area contributed by atoms with Crippen LogP contribution in [-0.4, -0.2) is 59.2 Å². The van der Waals surface area contributed by atoms with Crippen molar-refractivity contribution in [2.45, 2.75) is 53.2 Å². The first-order valence-corrected chi connectivity index (χ1v) is 14.7. The molecule has 0 fully saturated rings. The average molecular weight is 542 g/mol. The molecule has 2 aliphatic heterocycles. The fourth-order valence-electron chi connectivity index (χ4n) is 5.19. The number of carbonyl (C=O) groups is 2. The highest BCUT2D eigenvalue weighted by Crippen LogP contribution is 2.38. The fourth-order valence-corrected chi connectivity index (χ4v) is 7.84. The summed E-state index contributed by atoms with van der Waals surface area (Å²) in [7, 11) is 0. The number of esters is 1. The summed E-state index contributed by atoms with van der Waals surface area (Å²) in [6.07, 6.45) is 5.88. The Bertz CT molecular complexity index is 1260. The maximum atomic E-state index is 13.1. The van der Waals surface area contributed by atoms with Crippen LogP contribution in [0.25, 0.3) is 5.00 Å². The molecule has 198 valence electrons. The number of carbonyl (C=O) groups excluding carboxylic acids is 2. The van der Waals surface area contributed by atoms with Crippen LogP contribution in [0.4, 0.5) is 9.80 Å². The van der Waals surface area contributed by atoms with Crippen LogP contribution in [0, 0.1) is 0 Å². The molecule has 0 spiro atoms. The van der Waals surface area contributed by atoms with E-state index in [4.69, 9.17) is 4.74 Å². The van der Waals surface area contributed by atoms with Crippen molar-refractivity contribution in [3.63, 3.8) is 0 Å². The molecule has 0 radical (unpaired) electrons. The van der Waals surface area contributed by atoms with Crippen LogP contribution in [-0.2, 0) is 37.2 Å². The van der Waals surface area contributed by atoms with Gasteiger partial charge in [0.05, 0.1) is 12.2 Å². The Kier molecular flexibility index (Phi) is 7.99. The molecule has 0 aliphatic carbocycles. The van der Waals surface area contributed by atoms with E-state index in [9.17, 15) is 9.59 Å². The van der Waals surface area contributed by atoms with Crippen molar-refractivity contribution in [3.05, 3.63) is 56.5 Å². The third kappa shape index (κ3) is 5.34. The molecule has 5 heterocycles. The molecule has 37 heavy (non-hydrogen) atoms. The minimum absolute atomic E-state index is 0.303. The lowest BCUT2D eigenvalue weighted by molar-refractivity contribution is 0.0526. The van der Waals surface area contributed by atoms with Gasteiger partial charge < -0.3 is 14.6 Å². The lowest BCUT2D eigenvalue weighted by Crippen LogP contribution is -2.31. The highest BCUT2D eigenvalue weighted by Gasteiger charge is 2.30. The van der Waals surface area contributed by atoms with Crippen molar-refractivity contribution in [3.8, 4) is 5.00 Å². The number of nitrogens with one attached hydrogen (secondary N) is 2. The number of hydrogen-bond donors (Lipinski definition) is 2. The quantitative estimate of drug-likeness (QED) is 0.399. The maximum absolute atomic E-state index is 13.1. The molecule has 3 aromatic heterocycles. The van der Waals surface area contributed by atoms with Crippen molar-refractivity contribution in [1.29, 1.82) is 0 Å². The van der Waals surface area contributed by atoms with E-state index in [0.29, 0.717) is 23.7 Å². The van der Waals surface area contributed by atoms with E-state index < -0.39 is 0 Å². The van der Waals surface area contributed by atoms with E-state index in [0.717, 1.165) is 67.6 Å². The van der Waals surface area contributed by atoms with Gasteiger partial charge in [0.2, 0.25) is 0 Å². The Morgan fingerprint density at radius 1 is 0.946 bits per heavy atom. The SMILES string of the molecule is CCOC(=O)c1c(NC(=O)NCc2c(-n3cccc3)sc3c2CCN(CC)C3)sc2c1CCN(CC)C2. The summed E-state index contributed by atoms with van der Waals surface area (Å²) in [5.74, 6) is -0.359. The summed E-state index contributed by atoms with van der Waals surface area (Å²) in [6.45, 7) is 12.6. The van der Waals surface area contributed by atoms with Crippen molar-refractivity contribution in [2.24, 2.45) is 0 Å². The molecule has 2 aliphatic rings. The second kappa shape index (κ2) is 11.4. The third-order valence-electron chi connectivity index (χ3n) is 7.23. The van der Waals surface area contributed by atoms with Crippen LogP contribution >= 0.6 is 22.7 Å². The molecule has 0 atom stereocenters. The minimum Gasteiger partial charge on any atom is -0.462 e. The van der Waals surface area contributed by atoms with Crippen molar-refractivity contribution >= 4 is 39.7 Å². The summed E-state index contributed by atoms with van der Waals surface area (Å²) >= 11 is 3.30. The van der Waals surface area contributed by atoms with Gasteiger partial charge in [-0.15, -0.1) is 22.7 Å². The number of urea groups is 1. The zero-order valence-electron chi connectivity index (χ0n) is 21.8. The van der Waals surface area contributed by atoms with E-state index in [1.54, 1.807) is 6.92 Å². The predicted molar refractivity (Wildman–Crippen MR) is 149 cm³/mol. The molecule has 8 nitrogen and oxygen atoms in total. The summed E-state index contributed by atoms with van der Waals surface area (Å²) in [5, 5.41) is 7.81. The van der Waals surface area contributed by atoms with Crippen molar-refractivity contribution < 1.29 is 14.3 Å². The zero-order chi connectivity index (χ0) is 25.9. The number of thiophene rings is 2. The Balaban J connectivity index is 1.36. The zero-order valence-corrected chi connectivity index (χ0v) is 23.4. The van der Waals surface area contributed by atoms with Crippen LogP contribution in [0.15, 0.2) is 24.5 Å². The van der Waals surface area contributed by atoms with Gasteiger partial charge in [0.15, 0.2) is 0 Å². The van der Waals surface area contributed by atoms with Gasteiger partial charge in [-0.05, 0) is 56.1 Å². The minimum atomic E-state index is -0.359. The van der Waals surface area contributed by atoms with Crippen molar-refractivity contribution in [2.75, 3.05) is 38.1 Å². The molecule has 0 saturated carbocycles. The van der Waals surface area contributed by atoms with E-state index >= 15 is 0 Å². The number of amides is 2. The third-order valence-corrected chi connectivity index (χ3v) is 9.63. The van der Waals surface area contributed by atoms with E-state index in [2.05, 4.69) is 51.2 Å². The van der Waals surface area contributed by atoms with Crippen LogP contribution in [0.5, 0.6) is 0 Å². The molecule has 2 N–H and O–H groups in total. The van der Waals surface area contributed by atoms with Gasteiger partial charge in [0.25, 0.3) is 0 Å². The number of hydrogen-bond acceptors (Lipinski definition) is 7. The number of rotatable bonds is 8.